The highest BCUT2D eigenvalue weighted by Crippen LogP contribution is 2.23. The fourth-order valence-corrected chi connectivity index (χ4v) is 1.92. The zero-order chi connectivity index (χ0) is 15.2. The van der Waals surface area contributed by atoms with Gasteiger partial charge in [0.1, 0.15) is 5.69 Å². The molecule has 6 nitrogen and oxygen atoms in total. The Kier molecular flexibility index (Phi) is 4.63. The summed E-state index contributed by atoms with van der Waals surface area (Å²) < 4.78 is 0. The number of carbonyl (C=O) groups excluding carboxylic acids is 1. The minimum Gasteiger partial charge on any atom is -0.320 e. The predicted octanol–water partition coefficient (Wildman–Crippen LogP) is 2.10. The van der Waals surface area contributed by atoms with Crippen LogP contribution in [0.3, 0.4) is 0 Å². The second kappa shape index (κ2) is 6.62. The Bertz CT molecular complexity index is 644. The lowest BCUT2D eigenvalue weighted by Crippen LogP contribution is -2.37. The number of nitrogens with one attached hydrogen (secondary N) is 1. The van der Waals surface area contributed by atoms with E-state index in [9.17, 15) is 14.9 Å². The van der Waals surface area contributed by atoms with E-state index in [4.69, 9.17) is 5.73 Å². The van der Waals surface area contributed by atoms with Crippen LogP contribution in [0.1, 0.15) is 5.56 Å². The number of benzene rings is 2. The number of hydrogen-bond acceptors (Lipinski definition) is 4. The van der Waals surface area contributed by atoms with E-state index in [1.165, 1.54) is 18.2 Å². The van der Waals surface area contributed by atoms with Gasteiger partial charge in [0.2, 0.25) is 5.91 Å². The first-order valence-electron chi connectivity index (χ1n) is 6.41. The molecule has 0 aliphatic carbocycles. The van der Waals surface area contributed by atoms with Gasteiger partial charge in [-0.3, -0.25) is 14.9 Å². The first-order chi connectivity index (χ1) is 10.1. The molecule has 3 N–H and O–H groups in total. The SMILES string of the molecule is NC(Cc1ccccc1)C(=O)Nc1ccccc1[N+](=O)[O-]. The zero-order valence-electron chi connectivity index (χ0n) is 11.2. The number of amides is 1. The average molecular weight is 285 g/mol. The van der Waals surface area contributed by atoms with Gasteiger partial charge in [-0.15, -0.1) is 0 Å². The number of carbonyl (C=O) groups is 1. The number of nitro groups is 1. The maximum atomic E-state index is 12.0. The topological polar surface area (TPSA) is 98.3 Å². The summed E-state index contributed by atoms with van der Waals surface area (Å²) in [6.07, 6.45) is 0.368. The van der Waals surface area contributed by atoms with E-state index in [2.05, 4.69) is 5.32 Å². The maximum absolute atomic E-state index is 12.0. The van der Waals surface area contributed by atoms with Crippen molar-refractivity contribution in [3.8, 4) is 0 Å². The minimum atomic E-state index is -0.771. The van der Waals surface area contributed by atoms with Crippen LogP contribution >= 0.6 is 0 Å². The van der Waals surface area contributed by atoms with Gasteiger partial charge in [0, 0.05) is 6.07 Å². The quantitative estimate of drug-likeness (QED) is 0.649. The summed E-state index contributed by atoms with van der Waals surface area (Å²) in [4.78, 5) is 22.4. The molecule has 2 aromatic rings. The van der Waals surface area contributed by atoms with E-state index < -0.39 is 16.9 Å². The molecular formula is C15H15N3O3. The summed E-state index contributed by atoms with van der Waals surface area (Å²) in [5.74, 6) is -0.451. The third-order valence-corrected chi connectivity index (χ3v) is 2.99. The van der Waals surface area contributed by atoms with Crippen molar-refractivity contribution >= 4 is 17.3 Å². The number of para-hydroxylation sites is 2. The third kappa shape index (κ3) is 3.87. The number of anilines is 1. The molecule has 0 radical (unpaired) electrons. The van der Waals surface area contributed by atoms with Crippen molar-refractivity contribution < 1.29 is 9.72 Å². The molecule has 0 bridgehead atoms. The molecular weight excluding hydrogens is 270 g/mol. The molecule has 0 fully saturated rings. The zero-order valence-corrected chi connectivity index (χ0v) is 11.2. The smallest absolute Gasteiger partial charge is 0.292 e. The Morgan fingerprint density at radius 2 is 1.76 bits per heavy atom. The van der Waals surface area contributed by atoms with Crippen LogP contribution < -0.4 is 11.1 Å². The Labute approximate surface area is 121 Å². The number of nitrogens with two attached hydrogens (primary N) is 1. The Hall–Kier alpha value is -2.73. The largest absolute Gasteiger partial charge is 0.320 e. The third-order valence-electron chi connectivity index (χ3n) is 2.99. The molecule has 0 aromatic heterocycles. The van der Waals surface area contributed by atoms with Crippen LogP contribution in [0.5, 0.6) is 0 Å². The van der Waals surface area contributed by atoms with Gasteiger partial charge in [0.25, 0.3) is 5.69 Å². The average Bonchev–Trinajstić information content (AvgIpc) is 2.48. The fraction of sp³-hybridized carbons (Fsp3) is 0.133. The summed E-state index contributed by atoms with van der Waals surface area (Å²) in [5.41, 5.74) is 6.77. The molecule has 2 aromatic carbocycles. The lowest BCUT2D eigenvalue weighted by molar-refractivity contribution is -0.383. The van der Waals surface area contributed by atoms with Crippen LogP contribution in [0.15, 0.2) is 54.6 Å². The van der Waals surface area contributed by atoms with E-state index in [0.29, 0.717) is 6.42 Å². The summed E-state index contributed by atoms with van der Waals surface area (Å²) in [5, 5.41) is 13.4. The van der Waals surface area contributed by atoms with Crippen LogP contribution in [0.25, 0.3) is 0 Å². The number of hydrogen-bond donors (Lipinski definition) is 2. The van der Waals surface area contributed by atoms with Crippen molar-refractivity contribution in [3.63, 3.8) is 0 Å². The highest BCUT2D eigenvalue weighted by molar-refractivity contribution is 5.96. The standard InChI is InChI=1S/C15H15N3O3/c16-12(10-11-6-2-1-3-7-11)15(19)17-13-8-4-5-9-14(13)18(20)21/h1-9,12H,10,16H2,(H,17,19). The molecule has 0 spiro atoms. The lowest BCUT2D eigenvalue weighted by Gasteiger charge is -2.12. The molecule has 0 saturated carbocycles. The monoisotopic (exact) mass is 285 g/mol. The van der Waals surface area contributed by atoms with Gasteiger partial charge in [0.05, 0.1) is 11.0 Å². The number of rotatable bonds is 5. The molecule has 2 rings (SSSR count). The summed E-state index contributed by atoms with van der Waals surface area (Å²) in [6, 6.07) is 14.5. The second-order valence-electron chi connectivity index (χ2n) is 4.56. The summed E-state index contributed by atoms with van der Waals surface area (Å²) in [7, 11) is 0. The first-order valence-corrected chi connectivity index (χ1v) is 6.41. The van der Waals surface area contributed by atoms with Crippen LogP contribution in [-0.4, -0.2) is 16.9 Å². The fourth-order valence-electron chi connectivity index (χ4n) is 1.92. The van der Waals surface area contributed by atoms with Crippen LogP contribution in [0.2, 0.25) is 0 Å². The van der Waals surface area contributed by atoms with E-state index in [1.54, 1.807) is 6.07 Å². The van der Waals surface area contributed by atoms with Gasteiger partial charge in [-0.2, -0.15) is 0 Å². The van der Waals surface area contributed by atoms with Crippen LogP contribution in [0, 0.1) is 10.1 Å². The Morgan fingerprint density at radius 1 is 1.14 bits per heavy atom. The van der Waals surface area contributed by atoms with E-state index in [0.717, 1.165) is 5.56 Å². The van der Waals surface area contributed by atoms with Crippen molar-refractivity contribution in [1.82, 2.24) is 0 Å². The second-order valence-corrected chi connectivity index (χ2v) is 4.56. The van der Waals surface area contributed by atoms with Crippen molar-refractivity contribution in [1.29, 1.82) is 0 Å². The van der Waals surface area contributed by atoms with Crippen molar-refractivity contribution in [2.24, 2.45) is 5.73 Å². The van der Waals surface area contributed by atoms with Crippen molar-refractivity contribution in [2.75, 3.05) is 5.32 Å². The molecule has 0 saturated heterocycles. The molecule has 108 valence electrons. The van der Waals surface area contributed by atoms with E-state index in [1.807, 2.05) is 30.3 Å². The molecule has 21 heavy (non-hydrogen) atoms. The highest BCUT2D eigenvalue weighted by Gasteiger charge is 2.19. The summed E-state index contributed by atoms with van der Waals surface area (Å²) >= 11 is 0. The first kappa shape index (κ1) is 14.7. The number of nitro benzene ring substituents is 1. The van der Waals surface area contributed by atoms with Gasteiger partial charge >= 0.3 is 0 Å². The summed E-state index contributed by atoms with van der Waals surface area (Å²) in [6.45, 7) is 0. The normalized spacial score (nSPS) is 11.7. The molecule has 1 atom stereocenters. The molecule has 0 aliphatic heterocycles. The number of nitrogens with zero attached hydrogens (tertiary/aromatic N) is 1. The van der Waals surface area contributed by atoms with Gasteiger partial charge in [-0.05, 0) is 18.1 Å². The van der Waals surface area contributed by atoms with E-state index >= 15 is 0 Å². The van der Waals surface area contributed by atoms with E-state index in [-0.39, 0.29) is 11.4 Å². The van der Waals surface area contributed by atoms with Crippen molar-refractivity contribution in [3.05, 3.63) is 70.3 Å². The maximum Gasteiger partial charge on any atom is 0.292 e. The molecule has 0 aliphatic rings. The highest BCUT2D eigenvalue weighted by atomic mass is 16.6. The van der Waals surface area contributed by atoms with Crippen molar-refractivity contribution in [2.45, 2.75) is 12.5 Å². The van der Waals surface area contributed by atoms with Crippen LogP contribution in [-0.2, 0) is 11.2 Å². The molecule has 1 amide bonds. The van der Waals surface area contributed by atoms with Gasteiger partial charge in [0.15, 0.2) is 0 Å². The molecule has 0 heterocycles. The Balaban J connectivity index is 2.06. The molecule has 6 heteroatoms. The lowest BCUT2D eigenvalue weighted by atomic mass is 10.1. The van der Waals surface area contributed by atoms with Crippen LogP contribution in [0.4, 0.5) is 11.4 Å². The van der Waals surface area contributed by atoms with Gasteiger partial charge in [-0.25, -0.2) is 0 Å². The molecule has 1 unspecified atom stereocenters. The van der Waals surface area contributed by atoms with Gasteiger partial charge in [-0.1, -0.05) is 42.5 Å². The predicted molar refractivity (Wildman–Crippen MR) is 79.8 cm³/mol. The minimum absolute atomic E-state index is 0.149. The Morgan fingerprint density at radius 3 is 2.43 bits per heavy atom. The van der Waals surface area contributed by atoms with Gasteiger partial charge < -0.3 is 11.1 Å².